The number of ketones is 1. The molecule has 8 heteroatoms. The van der Waals surface area contributed by atoms with Gasteiger partial charge < -0.3 is 10.1 Å². The third kappa shape index (κ3) is 3.47. The zero-order valence-corrected chi connectivity index (χ0v) is 17.2. The second-order valence-electron chi connectivity index (χ2n) is 7.17. The zero-order valence-electron chi connectivity index (χ0n) is 16.4. The third-order valence-corrected chi connectivity index (χ3v) is 6.25. The second kappa shape index (κ2) is 8.04. The molecule has 2 heterocycles. The number of allylic oxidation sites excluding steroid dienone is 2. The van der Waals surface area contributed by atoms with Crippen LogP contribution in [0.1, 0.15) is 36.3 Å². The number of rotatable bonds is 5. The molecule has 2 aromatic rings. The fourth-order valence-corrected chi connectivity index (χ4v) is 4.54. The molecule has 152 valence electrons. The highest BCUT2D eigenvalue weighted by Crippen LogP contribution is 2.43. The Morgan fingerprint density at radius 2 is 1.93 bits per heavy atom. The first-order chi connectivity index (χ1) is 14.0. The smallest absolute Gasteiger partial charge is 0.330 e. The summed E-state index contributed by atoms with van der Waals surface area (Å²) in [5.74, 6) is 0.0173. The molecule has 0 amide bonds. The van der Waals surface area contributed by atoms with Gasteiger partial charge in [0.2, 0.25) is 0 Å². The fourth-order valence-electron chi connectivity index (χ4n) is 4.13. The summed E-state index contributed by atoms with van der Waals surface area (Å²) in [4.78, 5) is 41.8. The molecule has 2 aliphatic rings. The van der Waals surface area contributed by atoms with Crippen molar-refractivity contribution in [2.75, 3.05) is 25.3 Å². The topological polar surface area (TPSA) is 93.2 Å². The lowest BCUT2D eigenvalue weighted by Crippen LogP contribution is -2.40. The van der Waals surface area contributed by atoms with Crippen molar-refractivity contribution >= 4 is 23.4 Å². The van der Waals surface area contributed by atoms with E-state index in [-0.39, 0.29) is 5.78 Å². The van der Waals surface area contributed by atoms with Crippen molar-refractivity contribution in [2.45, 2.75) is 36.6 Å². The first-order valence-corrected chi connectivity index (χ1v) is 10.8. The number of anilines is 1. The molecular weight excluding hydrogens is 390 g/mol. The van der Waals surface area contributed by atoms with Crippen LogP contribution in [0.2, 0.25) is 0 Å². The molecule has 4 rings (SSSR count). The molecule has 1 aliphatic carbocycles. The lowest BCUT2D eigenvalue weighted by molar-refractivity contribution is -0.116. The van der Waals surface area contributed by atoms with E-state index < -0.39 is 17.2 Å². The molecular formula is C21H23N3O4S. The van der Waals surface area contributed by atoms with E-state index in [1.807, 2.05) is 30.5 Å². The van der Waals surface area contributed by atoms with Crippen LogP contribution in [-0.2, 0) is 16.1 Å². The molecule has 29 heavy (non-hydrogen) atoms. The molecule has 0 saturated heterocycles. The Hall–Kier alpha value is -2.58. The van der Waals surface area contributed by atoms with Crippen LogP contribution < -0.4 is 16.6 Å². The number of aromatic amines is 1. The van der Waals surface area contributed by atoms with Gasteiger partial charge in [0.05, 0.1) is 18.7 Å². The first kappa shape index (κ1) is 19.7. The Kier molecular flexibility index (Phi) is 5.47. The van der Waals surface area contributed by atoms with Gasteiger partial charge in [-0.25, -0.2) is 4.79 Å². The third-order valence-electron chi connectivity index (χ3n) is 5.51. The highest BCUT2D eigenvalue weighted by atomic mass is 32.2. The van der Waals surface area contributed by atoms with Gasteiger partial charge in [0.25, 0.3) is 5.56 Å². The number of thioether (sulfide) groups is 1. The summed E-state index contributed by atoms with van der Waals surface area (Å²) < 4.78 is 6.63. The lowest BCUT2D eigenvalue weighted by Gasteiger charge is -2.34. The Labute approximate surface area is 172 Å². The summed E-state index contributed by atoms with van der Waals surface area (Å²) in [6.45, 7) is 0.633. The number of Topliss-reactive ketones (excluding diaryl/α,β-unsaturated/α-hetero) is 1. The van der Waals surface area contributed by atoms with Crippen LogP contribution >= 0.6 is 11.8 Å². The molecule has 0 saturated carbocycles. The second-order valence-corrected chi connectivity index (χ2v) is 8.05. The number of hydrogen-bond acceptors (Lipinski definition) is 6. The predicted molar refractivity (Wildman–Crippen MR) is 113 cm³/mol. The van der Waals surface area contributed by atoms with E-state index in [0.29, 0.717) is 42.9 Å². The summed E-state index contributed by atoms with van der Waals surface area (Å²) in [6, 6.07) is 7.90. The quantitative estimate of drug-likeness (QED) is 0.732. The lowest BCUT2D eigenvalue weighted by atomic mass is 9.76. The van der Waals surface area contributed by atoms with E-state index in [1.165, 1.54) is 4.57 Å². The number of carbonyl (C=O) groups is 1. The number of fused-ring (bicyclic) bond motifs is 1. The van der Waals surface area contributed by atoms with Gasteiger partial charge in [-0.1, -0.05) is 12.1 Å². The van der Waals surface area contributed by atoms with Crippen LogP contribution in [0, 0.1) is 0 Å². The molecule has 1 aromatic carbocycles. The average Bonchev–Trinajstić information content (AvgIpc) is 2.72. The van der Waals surface area contributed by atoms with Crippen LogP contribution in [0.25, 0.3) is 0 Å². The Bertz CT molecular complexity index is 1100. The van der Waals surface area contributed by atoms with Crippen molar-refractivity contribution in [3.05, 3.63) is 67.5 Å². The van der Waals surface area contributed by atoms with Gasteiger partial charge in [-0.05, 0) is 36.8 Å². The molecule has 0 spiro atoms. The van der Waals surface area contributed by atoms with Crippen LogP contribution in [0.15, 0.2) is 50.0 Å². The molecule has 0 fully saturated rings. The van der Waals surface area contributed by atoms with E-state index in [2.05, 4.69) is 10.3 Å². The summed E-state index contributed by atoms with van der Waals surface area (Å²) in [5.41, 5.74) is 1.78. The highest BCUT2D eigenvalue weighted by Gasteiger charge is 2.38. The van der Waals surface area contributed by atoms with Crippen molar-refractivity contribution in [1.29, 1.82) is 0 Å². The number of hydrogen-bond donors (Lipinski definition) is 2. The Balaban J connectivity index is 1.97. The normalized spacial score (nSPS) is 18.3. The standard InChI is InChI=1S/C21H23N3O4S/c1-28-11-10-24-19-18(20(26)23-21(24)27)16(12-6-8-13(29-2)9-7-12)17-14(22-19)4-3-5-15(17)25/h6-9,16,22H,3-5,10-11H2,1-2H3,(H,23,26,27)/t16-/m0/s1. The summed E-state index contributed by atoms with van der Waals surface area (Å²) in [5, 5.41) is 3.25. The Morgan fingerprint density at radius 1 is 1.17 bits per heavy atom. The molecule has 0 radical (unpaired) electrons. The average molecular weight is 413 g/mol. The number of aromatic nitrogens is 2. The first-order valence-electron chi connectivity index (χ1n) is 9.58. The van der Waals surface area contributed by atoms with Gasteiger partial charge in [0.15, 0.2) is 5.78 Å². The van der Waals surface area contributed by atoms with E-state index in [0.717, 1.165) is 22.6 Å². The minimum atomic E-state index is -0.497. The molecule has 1 aliphatic heterocycles. The number of H-pyrrole nitrogens is 1. The highest BCUT2D eigenvalue weighted by molar-refractivity contribution is 7.98. The van der Waals surface area contributed by atoms with Crippen LogP contribution in [0.3, 0.4) is 0 Å². The number of ether oxygens (including phenoxy) is 1. The maximum absolute atomic E-state index is 12.9. The van der Waals surface area contributed by atoms with Gasteiger partial charge >= 0.3 is 5.69 Å². The van der Waals surface area contributed by atoms with Gasteiger partial charge in [0.1, 0.15) is 5.82 Å². The maximum Gasteiger partial charge on any atom is 0.330 e. The molecule has 1 atom stereocenters. The van der Waals surface area contributed by atoms with Gasteiger partial charge in [-0.15, -0.1) is 11.8 Å². The van der Waals surface area contributed by atoms with Crippen molar-refractivity contribution in [2.24, 2.45) is 0 Å². The number of carbonyl (C=O) groups excluding carboxylic acids is 1. The van der Waals surface area contributed by atoms with E-state index in [4.69, 9.17) is 4.74 Å². The fraction of sp³-hybridized carbons (Fsp3) is 0.381. The summed E-state index contributed by atoms with van der Waals surface area (Å²) >= 11 is 1.63. The minimum absolute atomic E-state index is 0.0531. The number of benzene rings is 1. The molecule has 2 N–H and O–H groups in total. The Morgan fingerprint density at radius 3 is 2.62 bits per heavy atom. The van der Waals surface area contributed by atoms with Crippen LogP contribution in [0.5, 0.6) is 0 Å². The summed E-state index contributed by atoms with van der Waals surface area (Å²) in [6.07, 6.45) is 3.94. The van der Waals surface area contributed by atoms with Gasteiger partial charge in [-0.3, -0.25) is 19.1 Å². The van der Waals surface area contributed by atoms with Crippen LogP contribution in [-0.4, -0.2) is 35.3 Å². The summed E-state index contributed by atoms with van der Waals surface area (Å²) in [7, 11) is 1.56. The van der Waals surface area contributed by atoms with Gasteiger partial charge in [-0.2, -0.15) is 0 Å². The van der Waals surface area contributed by atoms with Crippen molar-refractivity contribution in [3.8, 4) is 0 Å². The monoisotopic (exact) mass is 413 g/mol. The van der Waals surface area contributed by atoms with Gasteiger partial charge in [0, 0.05) is 35.6 Å². The number of methoxy groups -OCH3 is 1. The number of nitrogens with one attached hydrogen (secondary N) is 2. The van der Waals surface area contributed by atoms with Crippen LogP contribution in [0.4, 0.5) is 5.82 Å². The largest absolute Gasteiger partial charge is 0.383 e. The molecule has 0 bridgehead atoms. The van der Waals surface area contributed by atoms with Crippen molar-refractivity contribution in [1.82, 2.24) is 9.55 Å². The molecule has 1 aromatic heterocycles. The maximum atomic E-state index is 12.9. The minimum Gasteiger partial charge on any atom is -0.383 e. The predicted octanol–water partition coefficient (Wildman–Crippen LogP) is 2.47. The number of nitrogens with zero attached hydrogens (tertiary/aromatic N) is 1. The van der Waals surface area contributed by atoms with E-state index >= 15 is 0 Å². The molecule has 7 nitrogen and oxygen atoms in total. The van der Waals surface area contributed by atoms with Crippen molar-refractivity contribution in [3.63, 3.8) is 0 Å². The zero-order chi connectivity index (χ0) is 20.5. The molecule has 0 unspecified atom stereocenters. The van der Waals surface area contributed by atoms with Crippen molar-refractivity contribution < 1.29 is 9.53 Å². The van der Waals surface area contributed by atoms with E-state index in [9.17, 15) is 14.4 Å². The van der Waals surface area contributed by atoms with E-state index in [1.54, 1.807) is 18.9 Å². The SMILES string of the molecule is COCCn1c2c(c(=O)[nH]c1=O)[C@@H](c1ccc(SC)cc1)C1=C(CCCC1=O)N2.